The minimum absolute atomic E-state index is 0.0912. The Morgan fingerprint density at radius 2 is 1.43 bits per heavy atom. The van der Waals surface area contributed by atoms with Gasteiger partial charge in [0.25, 0.3) is 5.69 Å². The lowest BCUT2D eigenvalue weighted by molar-refractivity contribution is -0.384. The summed E-state index contributed by atoms with van der Waals surface area (Å²) in [6, 6.07) is 26.4. The van der Waals surface area contributed by atoms with Gasteiger partial charge in [0.2, 0.25) is 11.8 Å². The van der Waals surface area contributed by atoms with Crippen molar-refractivity contribution in [3.63, 3.8) is 0 Å². The maximum atomic E-state index is 13.0. The van der Waals surface area contributed by atoms with Crippen LogP contribution in [0.5, 0.6) is 5.75 Å². The van der Waals surface area contributed by atoms with Gasteiger partial charge in [0.1, 0.15) is 25.0 Å². The quantitative estimate of drug-likeness (QED) is 0.0716. The minimum Gasteiger partial charge on any atom is -0.449 e. The molecule has 3 amide bonds. The number of benzene rings is 4. The van der Waals surface area contributed by atoms with Crippen molar-refractivity contribution in [3.8, 4) is 16.9 Å². The Labute approximate surface area is 281 Å². The van der Waals surface area contributed by atoms with Gasteiger partial charge in [-0.15, -0.1) is 0 Å². The first-order valence-electron chi connectivity index (χ1n) is 15.5. The van der Waals surface area contributed by atoms with E-state index in [1.54, 1.807) is 38.1 Å². The third-order valence-corrected chi connectivity index (χ3v) is 7.83. The summed E-state index contributed by atoms with van der Waals surface area (Å²) in [6.07, 6.45) is -1.72. The Morgan fingerprint density at radius 1 is 0.816 bits per heavy atom. The number of hydrogen-bond acceptors (Lipinski definition) is 9. The van der Waals surface area contributed by atoms with Crippen molar-refractivity contribution in [3.05, 3.63) is 124 Å². The van der Waals surface area contributed by atoms with Crippen LogP contribution in [-0.4, -0.2) is 48.2 Å². The highest BCUT2D eigenvalue weighted by Gasteiger charge is 2.30. The topological polar surface area (TPSA) is 175 Å². The van der Waals surface area contributed by atoms with Crippen molar-refractivity contribution < 1.29 is 38.3 Å². The summed E-state index contributed by atoms with van der Waals surface area (Å²) < 4.78 is 15.7. The number of nitrogens with zero attached hydrogens (tertiary/aromatic N) is 1. The number of anilines is 1. The zero-order chi connectivity index (χ0) is 34.9. The molecule has 0 bridgehead atoms. The molecule has 1 unspecified atom stereocenters. The maximum absolute atomic E-state index is 13.0. The van der Waals surface area contributed by atoms with E-state index in [-0.39, 0.29) is 43.0 Å². The lowest BCUT2D eigenvalue weighted by Gasteiger charge is -2.22. The molecule has 252 valence electrons. The molecule has 3 N–H and O–H groups in total. The van der Waals surface area contributed by atoms with Gasteiger partial charge in [-0.1, -0.05) is 74.5 Å². The van der Waals surface area contributed by atoms with E-state index in [0.29, 0.717) is 11.3 Å². The summed E-state index contributed by atoms with van der Waals surface area (Å²) in [5.74, 6) is -1.35. The van der Waals surface area contributed by atoms with E-state index >= 15 is 0 Å². The molecule has 0 radical (unpaired) electrons. The van der Waals surface area contributed by atoms with Crippen LogP contribution in [-0.2, 0) is 25.7 Å². The van der Waals surface area contributed by atoms with Crippen LogP contribution in [0.2, 0.25) is 0 Å². The van der Waals surface area contributed by atoms with Crippen LogP contribution in [0, 0.1) is 16.0 Å². The summed E-state index contributed by atoms with van der Waals surface area (Å²) in [4.78, 5) is 60.4. The van der Waals surface area contributed by atoms with Crippen molar-refractivity contribution in [1.82, 2.24) is 10.6 Å². The molecule has 0 fully saturated rings. The molecule has 0 aromatic heterocycles. The lowest BCUT2D eigenvalue weighted by atomic mass is 9.98. The second-order valence-corrected chi connectivity index (χ2v) is 11.5. The fraction of sp³-hybridized carbons (Fsp3) is 0.222. The van der Waals surface area contributed by atoms with Crippen LogP contribution in [0.3, 0.4) is 0 Å². The van der Waals surface area contributed by atoms with Crippen LogP contribution in [0.25, 0.3) is 11.1 Å². The van der Waals surface area contributed by atoms with Crippen LogP contribution >= 0.6 is 0 Å². The fourth-order valence-electron chi connectivity index (χ4n) is 5.37. The molecule has 4 aromatic rings. The molecule has 49 heavy (non-hydrogen) atoms. The molecule has 5 rings (SSSR count). The average Bonchev–Trinajstić information content (AvgIpc) is 3.42. The van der Waals surface area contributed by atoms with E-state index in [2.05, 4.69) is 16.0 Å². The van der Waals surface area contributed by atoms with Crippen LogP contribution < -0.4 is 20.7 Å². The number of amides is 3. The third kappa shape index (κ3) is 8.77. The molecule has 1 aliphatic rings. The van der Waals surface area contributed by atoms with Crippen molar-refractivity contribution in [1.29, 1.82) is 0 Å². The Bertz CT molecular complexity index is 1800. The predicted octanol–water partition coefficient (Wildman–Crippen LogP) is 5.93. The number of carbonyl (C=O) groups is 4. The maximum Gasteiger partial charge on any atom is 0.514 e. The molecular formula is C36H34N4O9. The van der Waals surface area contributed by atoms with Gasteiger partial charge in [0, 0.05) is 23.7 Å². The first-order chi connectivity index (χ1) is 23.6. The molecule has 4 aromatic carbocycles. The van der Waals surface area contributed by atoms with Gasteiger partial charge in [0.15, 0.2) is 0 Å². The van der Waals surface area contributed by atoms with Gasteiger partial charge < -0.3 is 30.2 Å². The van der Waals surface area contributed by atoms with Gasteiger partial charge in [-0.3, -0.25) is 19.7 Å². The highest BCUT2D eigenvalue weighted by Crippen LogP contribution is 2.44. The minimum atomic E-state index is -0.991. The van der Waals surface area contributed by atoms with E-state index in [4.69, 9.17) is 14.2 Å². The van der Waals surface area contributed by atoms with Crippen molar-refractivity contribution in [2.75, 3.05) is 18.5 Å². The Hall–Kier alpha value is -6.24. The number of fused-ring (bicyclic) bond motifs is 3. The van der Waals surface area contributed by atoms with Crippen molar-refractivity contribution in [2.24, 2.45) is 5.92 Å². The molecular weight excluding hydrogens is 632 g/mol. The predicted molar refractivity (Wildman–Crippen MR) is 179 cm³/mol. The second-order valence-electron chi connectivity index (χ2n) is 11.5. The van der Waals surface area contributed by atoms with E-state index in [1.165, 1.54) is 24.3 Å². The lowest BCUT2D eigenvalue weighted by Crippen LogP contribution is -2.51. The van der Waals surface area contributed by atoms with Crippen LogP contribution in [0.4, 0.5) is 21.0 Å². The molecule has 0 saturated heterocycles. The Morgan fingerprint density at radius 3 is 2.02 bits per heavy atom. The normalized spacial score (nSPS) is 12.2. The van der Waals surface area contributed by atoms with E-state index in [9.17, 15) is 29.3 Å². The molecule has 1 aliphatic carbocycles. The molecule has 0 heterocycles. The first-order valence-corrected chi connectivity index (χ1v) is 15.5. The summed E-state index contributed by atoms with van der Waals surface area (Å²) in [7, 11) is 0. The molecule has 1 atom stereocenters. The monoisotopic (exact) mass is 666 g/mol. The van der Waals surface area contributed by atoms with Gasteiger partial charge in [-0.05, 0) is 58.0 Å². The van der Waals surface area contributed by atoms with Crippen LogP contribution in [0.1, 0.15) is 36.5 Å². The number of hydrogen-bond donors (Lipinski definition) is 3. The number of carbonyl (C=O) groups excluding carboxylic acids is 4. The Kier molecular flexibility index (Phi) is 10.8. The number of rotatable bonds is 12. The summed E-state index contributed by atoms with van der Waals surface area (Å²) >= 11 is 0. The smallest absolute Gasteiger partial charge is 0.449 e. The number of non-ortho nitro benzene ring substituents is 1. The van der Waals surface area contributed by atoms with Crippen molar-refractivity contribution >= 4 is 35.4 Å². The SMILES string of the molecule is CC(C)C(NC(=O)OCC1c2ccccc2-c2ccccc21)C(=O)NCC(=O)Nc1ccc(COC(=O)Oc2ccc([N+](=O)[O-])cc2)cc1. The van der Waals surface area contributed by atoms with Crippen LogP contribution in [0.15, 0.2) is 97.1 Å². The number of ether oxygens (including phenoxy) is 3. The second kappa shape index (κ2) is 15.6. The zero-order valence-corrected chi connectivity index (χ0v) is 26.7. The van der Waals surface area contributed by atoms with E-state index in [0.717, 1.165) is 22.3 Å². The highest BCUT2D eigenvalue weighted by molar-refractivity contribution is 5.95. The van der Waals surface area contributed by atoms with Gasteiger partial charge in [-0.2, -0.15) is 0 Å². The highest BCUT2D eigenvalue weighted by atomic mass is 16.7. The Balaban J connectivity index is 1.04. The molecule has 13 heteroatoms. The summed E-state index contributed by atoms with van der Waals surface area (Å²) in [5.41, 5.74) is 5.26. The average molecular weight is 667 g/mol. The standard InChI is InChI=1S/C36H34N4O9/c1-22(2)33(39-35(43)47-21-31-29-9-5-3-7-27(29)28-8-4-6-10-30(28)31)34(42)37-19-32(41)38-24-13-11-23(12-14-24)20-48-36(44)49-26-17-15-25(16-18-26)40(45)46/h3-18,22,31,33H,19-21H2,1-2H3,(H,37,42)(H,38,41)(H,39,43). The van der Waals surface area contributed by atoms with E-state index < -0.39 is 35.0 Å². The number of alkyl carbamates (subject to hydrolysis) is 1. The first kappa shape index (κ1) is 34.1. The number of nitro groups is 1. The molecule has 0 spiro atoms. The largest absolute Gasteiger partial charge is 0.514 e. The number of nitro benzene ring substituents is 1. The van der Waals surface area contributed by atoms with Gasteiger partial charge >= 0.3 is 12.2 Å². The fourth-order valence-corrected chi connectivity index (χ4v) is 5.37. The summed E-state index contributed by atoms with van der Waals surface area (Å²) in [5, 5.41) is 18.6. The summed E-state index contributed by atoms with van der Waals surface area (Å²) in [6.45, 7) is 3.19. The van der Waals surface area contributed by atoms with Crippen molar-refractivity contribution in [2.45, 2.75) is 32.4 Å². The molecule has 0 aliphatic heterocycles. The van der Waals surface area contributed by atoms with Gasteiger partial charge in [-0.25, -0.2) is 9.59 Å². The number of nitrogens with one attached hydrogen (secondary N) is 3. The van der Waals surface area contributed by atoms with Gasteiger partial charge in [0.05, 0.1) is 11.5 Å². The zero-order valence-electron chi connectivity index (χ0n) is 26.7. The molecule has 0 saturated carbocycles. The molecule has 13 nitrogen and oxygen atoms in total. The third-order valence-electron chi connectivity index (χ3n) is 7.83. The van der Waals surface area contributed by atoms with E-state index in [1.807, 2.05) is 48.5 Å².